The zero-order valence-electron chi connectivity index (χ0n) is 15.8. The van der Waals surface area contributed by atoms with E-state index >= 15 is 0 Å². The highest BCUT2D eigenvalue weighted by Gasteiger charge is 2.37. The molecule has 2 N–H and O–H groups in total. The number of alkyl halides is 6. The zero-order valence-corrected chi connectivity index (χ0v) is 15.8. The number of hydrogen-bond donors (Lipinski definition) is 2. The van der Waals surface area contributed by atoms with Crippen molar-refractivity contribution in [3.63, 3.8) is 0 Å². The van der Waals surface area contributed by atoms with Gasteiger partial charge in [-0.1, -0.05) is 18.1 Å². The molecule has 1 heterocycles. The first kappa shape index (κ1) is 23.1. The van der Waals surface area contributed by atoms with Crippen LogP contribution in [0.25, 0.3) is 0 Å². The van der Waals surface area contributed by atoms with Gasteiger partial charge in [-0.05, 0) is 43.7 Å². The Labute approximate surface area is 168 Å². The molecule has 1 aromatic carbocycles. The Morgan fingerprint density at radius 1 is 1.03 bits per heavy atom. The fourth-order valence-electron chi connectivity index (χ4n) is 2.51. The summed E-state index contributed by atoms with van der Waals surface area (Å²) in [6.45, 7) is 2.32. The minimum absolute atomic E-state index is 0.182. The monoisotopic (exact) mass is 429 g/mol. The number of carbonyl (C=O) groups is 1. The predicted octanol–water partition coefficient (Wildman–Crippen LogP) is 4.81. The number of nitrogens with one attached hydrogen (secondary N) is 2. The number of hydrogen-bond acceptors (Lipinski definition) is 2. The quantitative estimate of drug-likeness (QED) is 0.541. The average Bonchev–Trinajstić information content (AvgIpc) is 2.66. The summed E-state index contributed by atoms with van der Waals surface area (Å²) in [5, 5.41) is 4.11. The maximum atomic E-state index is 12.9. The fourth-order valence-corrected chi connectivity index (χ4v) is 2.51. The van der Waals surface area contributed by atoms with Gasteiger partial charge >= 0.3 is 18.4 Å². The highest BCUT2D eigenvalue weighted by atomic mass is 19.4. The summed E-state index contributed by atoms with van der Waals surface area (Å²) in [5.41, 5.74) is -0.166. The number of aromatic nitrogens is 1. The third-order valence-electron chi connectivity index (χ3n) is 4.06. The SMILES string of the molecule is CC#Cc1cccnc1C(NC(=O)N[C@@H](C)C(F)(F)F)c1ccc(C(F)(F)F)cc1. The van der Waals surface area contributed by atoms with Crippen LogP contribution in [0.5, 0.6) is 0 Å². The summed E-state index contributed by atoms with van der Waals surface area (Å²) in [5.74, 6) is 5.41. The van der Waals surface area contributed by atoms with Crippen LogP contribution in [-0.2, 0) is 6.18 Å². The molecule has 2 amide bonds. The highest BCUT2D eigenvalue weighted by molar-refractivity contribution is 5.75. The Hall–Kier alpha value is -3.22. The van der Waals surface area contributed by atoms with E-state index in [0.717, 1.165) is 31.2 Å². The van der Waals surface area contributed by atoms with Gasteiger partial charge < -0.3 is 10.6 Å². The smallest absolute Gasteiger partial charge is 0.327 e. The zero-order chi connectivity index (χ0) is 22.5. The van der Waals surface area contributed by atoms with Crippen LogP contribution in [0.3, 0.4) is 0 Å². The normalized spacial score (nSPS) is 13.6. The Morgan fingerprint density at radius 3 is 2.20 bits per heavy atom. The molecule has 2 rings (SSSR count). The van der Waals surface area contributed by atoms with Crippen LogP contribution in [0.2, 0.25) is 0 Å². The van der Waals surface area contributed by atoms with E-state index in [4.69, 9.17) is 0 Å². The maximum absolute atomic E-state index is 12.9. The highest BCUT2D eigenvalue weighted by Crippen LogP contribution is 2.31. The van der Waals surface area contributed by atoms with E-state index in [1.165, 1.54) is 6.20 Å². The molecule has 0 radical (unpaired) electrons. The molecule has 0 aliphatic carbocycles. The van der Waals surface area contributed by atoms with Crippen LogP contribution in [0, 0.1) is 11.8 Å². The van der Waals surface area contributed by atoms with Crippen molar-refractivity contribution in [2.75, 3.05) is 0 Å². The molecule has 2 aromatic rings. The lowest BCUT2D eigenvalue weighted by Crippen LogP contribution is -2.48. The predicted molar refractivity (Wildman–Crippen MR) is 97.3 cm³/mol. The second kappa shape index (κ2) is 9.07. The van der Waals surface area contributed by atoms with E-state index in [9.17, 15) is 31.1 Å². The molecular weight excluding hydrogens is 412 g/mol. The van der Waals surface area contributed by atoms with Crippen molar-refractivity contribution in [3.05, 3.63) is 65.0 Å². The van der Waals surface area contributed by atoms with Crippen molar-refractivity contribution >= 4 is 6.03 Å². The van der Waals surface area contributed by atoms with Crippen molar-refractivity contribution in [2.45, 2.75) is 38.3 Å². The molecule has 0 saturated carbocycles. The molecule has 0 fully saturated rings. The molecule has 4 nitrogen and oxygen atoms in total. The minimum Gasteiger partial charge on any atom is -0.327 e. The number of rotatable bonds is 4. The van der Waals surface area contributed by atoms with E-state index in [1.54, 1.807) is 24.4 Å². The third kappa shape index (κ3) is 5.89. The number of pyridine rings is 1. The fraction of sp³-hybridized carbons (Fsp3) is 0.300. The lowest BCUT2D eigenvalue weighted by Gasteiger charge is -2.23. The van der Waals surface area contributed by atoms with Crippen molar-refractivity contribution in [1.29, 1.82) is 0 Å². The molecule has 0 aliphatic heterocycles. The molecule has 30 heavy (non-hydrogen) atoms. The van der Waals surface area contributed by atoms with Crippen molar-refractivity contribution < 1.29 is 31.1 Å². The first-order chi connectivity index (χ1) is 13.9. The maximum Gasteiger partial charge on any atom is 0.416 e. The standard InChI is InChI=1S/C20H17F6N3O/c1-3-5-13-6-4-11-27-16(13)17(29-18(30)28-12(2)19(21,22)23)14-7-9-15(10-8-14)20(24,25)26/h4,6-12,17H,1-2H3,(H2,28,29,30)/t12-,17?/m0/s1. The summed E-state index contributed by atoms with van der Waals surface area (Å²) in [4.78, 5) is 16.3. The van der Waals surface area contributed by atoms with Gasteiger partial charge in [0.05, 0.1) is 17.3 Å². The van der Waals surface area contributed by atoms with Crippen LogP contribution in [0.1, 0.15) is 42.3 Å². The van der Waals surface area contributed by atoms with E-state index in [0.29, 0.717) is 5.56 Å². The minimum atomic E-state index is -4.66. The Kier molecular flexibility index (Phi) is 6.97. The molecule has 160 valence electrons. The summed E-state index contributed by atoms with van der Waals surface area (Å²) in [6, 6.07) is 2.59. The van der Waals surface area contributed by atoms with E-state index < -0.39 is 36.0 Å². The van der Waals surface area contributed by atoms with Crippen LogP contribution < -0.4 is 10.6 Å². The number of urea groups is 1. The first-order valence-electron chi connectivity index (χ1n) is 8.62. The number of amides is 2. The molecule has 1 aromatic heterocycles. The molecular formula is C20H17F6N3O. The largest absolute Gasteiger partial charge is 0.416 e. The molecule has 0 spiro atoms. The van der Waals surface area contributed by atoms with E-state index in [-0.39, 0.29) is 11.3 Å². The molecule has 10 heteroatoms. The van der Waals surface area contributed by atoms with E-state index in [2.05, 4.69) is 22.1 Å². The Morgan fingerprint density at radius 2 is 1.67 bits per heavy atom. The number of nitrogens with zero attached hydrogens (tertiary/aromatic N) is 1. The van der Waals surface area contributed by atoms with Crippen molar-refractivity contribution in [3.8, 4) is 11.8 Å². The number of halogens is 6. The summed E-state index contributed by atoms with van der Waals surface area (Å²) in [6.07, 6.45) is -7.85. The van der Waals surface area contributed by atoms with Gasteiger partial charge in [-0.25, -0.2) is 4.79 Å². The topological polar surface area (TPSA) is 54.0 Å². The molecule has 0 aliphatic rings. The molecule has 0 saturated heterocycles. The van der Waals surface area contributed by atoms with Crippen LogP contribution in [0.15, 0.2) is 42.6 Å². The first-order valence-corrected chi connectivity index (χ1v) is 8.62. The van der Waals surface area contributed by atoms with Gasteiger partial charge in [0.25, 0.3) is 0 Å². The van der Waals surface area contributed by atoms with Gasteiger partial charge in [0, 0.05) is 11.8 Å². The van der Waals surface area contributed by atoms with Crippen LogP contribution in [0.4, 0.5) is 31.1 Å². The summed E-state index contributed by atoms with van der Waals surface area (Å²) >= 11 is 0. The number of carbonyl (C=O) groups excluding carboxylic acids is 1. The second-order valence-electron chi connectivity index (χ2n) is 6.25. The average molecular weight is 429 g/mol. The van der Waals surface area contributed by atoms with Gasteiger partial charge in [-0.3, -0.25) is 4.98 Å². The van der Waals surface area contributed by atoms with Gasteiger partial charge in [0.1, 0.15) is 6.04 Å². The van der Waals surface area contributed by atoms with Gasteiger partial charge in [-0.2, -0.15) is 26.3 Å². The van der Waals surface area contributed by atoms with Gasteiger partial charge in [-0.15, -0.1) is 5.92 Å². The lowest BCUT2D eigenvalue weighted by molar-refractivity contribution is -0.148. The van der Waals surface area contributed by atoms with Crippen molar-refractivity contribution in [1.82, 2.24) is 15.6 Å². The van der Waals surface area contributed by atoms with Gasteiger partial charge in [0.2, 0.25) is 0 Å². The lowest BCUT2D eigenvalue weighted by atomic mass is 9.98. The van der Waals surface area contributed by atoms with Gasteiger partial charge in [0.15, 0.2) is 0 Å². The summed E-state index contributed by atoms with van der Waals surface area (Å²) < 4.78 is 76.8. The summed E-state index contributed by atoms with van der Waals surface area (Å²) in [7, 11) is 0. The Bertz CT molecular complexity index is 942. The molecule has 2 atom stereocenters. The third-order valence-corrected chi connectivity index (χ3v) is 4.06. The van der Waals surface area contributed by atoms with Crippen LogP contribution in [-0.4, -0.2) is 23.2 Å². The van der Waals surface area contributed by atoms with Crippen molar-refractivity contribution in [2.24, 2.45) is 0 Å². The van der Waals surface area contributed by atoms with Crippen LogP contribution >= 0.6 is 0 Å². The molecule has 0 bridgehead atoms. The second-order valence-corrected chi connectivity index (χ2v) is 6.25. The number of benzene rings is 1. The Balaban J connectivity index is 2.43. The molecule has 1 unspecified atom stereocenters. The van der Waals surface area contributed by atoms with E-state index in [1.807, 2.05) is 0 Å².